The Labute approximate surface area is 198 Å². The molecule has 0 unspecified atom stereocenters. The second kappa shape index (κ2) is 12.0. The zero-order valence-electron chi connectivity index (χ0n) is 19.1. The monoisotopic (exact) mass is 457 g/mol. The van der Waals surface area contributed by atoms with Gasteiger partial charge < -0.3 is 16.0 Å². The van der Waals surface area contributed by atoms with Gasteiger partial charge in [-0.1, -0.05) is 37.3 Å². The molecule has 0 atom stereocenters. The van der Waals surface area contributed by atoms with Gasteiger partial charge in [-0.15, -0.1) is 0 Å². The Morgan fingerprint density at radius 1 is 0.706 bits per heavy atom. The van der Waals surface area contributed by atoms with Crippen molar-refractivity contribution >= 4 is 46.2 Å². The summed E-state index contributed by atoms with van der Waals surface area (Å²) in [5.41, 5.74) is 6.67. The van der Waals surface area contributed by atoms with Crippen molar-refractivity contribution in [1.29, 1.82) is 0 Å². The molecule has 8 nitrogen and oxygen atoms in total. The first-order valence-corrected chi connectivity index (χ1v) is 10.9. The van der Waals surface area contributed by atoms with Gasteiger partial charge in [0, 0.05) is 28.5 Å². The summed E-state index contributed by atoms with van der Waals surface area (Å²) >= 11 is 0. The molecule has 4 N–H and O–H groups in total. The third kappa shape index (κ3) is 7.59. The third-order valence-corrected chi connectivity index (χ3v) is 4.82. The molecule has 0 aliphatic heterocycles. The smallest absolute Gasteiger partial charge is 0.329 e. The van der Waals surface area contributed by atoms with Crippen LogP contribution in [0.4, 0.5) is 22.7 Å². The molecule has 3 rings (SSSR count). The fraction of sp³-hybridized carbons (Fsp3) is 0.154. The average molecular weight is 458 g/mol. The lowest BCUT2D eigenvalue weighted by Crippen LogP contribution is -2.33. The number of hydrogen-bond donors (Lipinski definition) is 4. The van der Waals surface area contributed by atoms with Crippen LogP contribution in [0.15, 0.2) is 84.0 Å². The van der Waals surface area contributed by atoms with E-state index in [1.807, 2.05) is 61.5 Å². The summed E-state index contributed by atoms with van der Waals surface area (Å²) in [5, 5.41) is 12.4. The van der Waals surface area contributed by atoms with Crippen LogP contribution < -0.4 is 21.4 Å². The van der Waals surface area contributed by atoms with E-state index in [0.29, 0.717) is 17.1 Å². The van der Waals surface area contributed by atoms with Crippen LogP contribution in [-0.4, -0.2) is 23.4 Å². The SMILES string of the molecule is CCc1ccc(NC(=O)C(=O)N/N=C(/C)CC(=O)Nc2ccc(Nc3ccccc3)cc2)cc1. The van der Waals surface area contributed by atoms with Crippen LogP contribution in [0.1, 0.15) is 25.8 Å². The number of carbonyl (C=O) groups excluding carboxylic acids is 3. The van der Waals surface area contributed by atoms with Gasteiger partial charge in [-0.3, -0.25) is 14.4 Å². The molecule has 3 amide bonds. The van der Waals surface area contributed by atoms with Gasteiger partial charge in [0.25, 0.3) is 0 Å². The van der Waals surface area contributed by atoms with Gasteiger partial charge in [0.2, 0.25) is 5.91 Å². The van der Waals surface area contributed by atoms with Crippen LogP contribution in [0.5, 0.6) is 0 Å². The number of benzene rings is 3. The molecular formula is C26H27N5O3. The molecular weight excluding hydrogens is 430 g/mol. The van der Waals surface area contributed by atoms with Crippen molar-refractivity contribution in [3.63, 3.8) is 0 Å². The summed E-state index contributed by atoms with van der Waals surface area (Å²) in [6.45, 7) is 3.62. The van der Waals surface area contributed by atoms with E-state index in [2.05, 4.69) is 26.5 Å². The Morgan fingerprint density at radius 2 is 1.26 bits per heavy atom. The predicted octanol–water partition coefficient (Wildman–Crippen LogP) is 4.45. The minimum Gasteiger partial charge on any atom is -0.356 e. The standard InChI is InChI=1S/C26H27N5O3/c1-3-19-9-11-23(12-10-19)29-25(33)26(34)31-30-18(2)17-24(32)28-22-15-13-21(14-16-22)27-20-7-5-4-6-8-20/h4-16,27H,3,17H2,1-2H3,(H,28,32)(H,29,33)(H,31,34)/b30-18-. The van der Waals surface area contributed by atoms with Gasteiger partial charge in [-0.05, 0) is 67.4 Å². The van der Waals surface area contributed by atoms with Gasteiger partial charge in [-0.25, -0.2) is 5.43 Å². The maximum absolute atomic E-state index is 12.3. The Bertz CT molecular complexity index is 1160. The molecule has 8 heteroatoms. The van der Waals surface area contributed by atoms with Gasteiger partial charge in [0.05, 0.1) is 6.42 Å². The molecule has 0 saturated carbocycles. The molecule has 3 aromatic rings. The van der Waals surface area contributed by atoms with Crippen LogP contribution in [0, 0.1) is 0 Å². The molecule has 0 fully saturated rings. The van der Waals surface area contributed by atoms with E-state index in [4.69, 9.17) is 0 Å². The molecule has 34 heavy (non-hydrogen) atoms. The van der Waals surface area contributed by atoms with Crippen molar-refractivity contribution < 1.29 is 14.4 Å². The maximum atomic E-state index is 12.3. The van der Waals surface area contributed by atoms with Gasteiger partial charge in [0.1, 0.15) is 0 Å². The van der Waals surface area contributed by atoms with Crippen LogP contribution in [0.3, 0.4) is 0 Å². The number of hydrogen-bond acceptors (Lipinski definition) is 5. The van der Waals surface area contributed by atoms with E-state index in [-0.39, 0.29) is 12.3 Å². The molecule has 0 aromatic heterocycles. The first-order chi connectivity index (χ1) is 16.4. The zero-order chi connectivity index (χ0) is 24.3. The van der Waals surface area contributed by atoms with Crippen molar-refractivity contribution in [2.75, 3.05) is 16.0 Å². The molecule has 0 spiro atoms. The quantitative estimate of drug-likeness (QED) is 0.227. The number of hydrazone groups is 1. The average Bonchev–Trinajstić information content (AvgIpc) is 2.84. The highest BCUT2D eigenvalue weighted by Crippen LogP contribution is 2.18. The topological polar surface area (TPSA) is 112 Å². The van der Waals surface area contributed by atoms with E-state index in [9.17, 15) is 14.4 Å². The second-order valence-electron chi connectivity index (χ2n) is 7.59. The Hall–Kier alpha value is -4.46. The summed E-state index contributed by atoms with van der Waals surface area (Å²) in [6.07, 6.45) is 0.845. The minimum atomic E-state index is -0.916. The van der Waals surface area contributed by atoms with Crippen molar-refractivity contribution in [3.05, 3.63) is 84.4 Å². The molecule has 0 saturated heterocycles. The predicted molar refractivity (Wildman–Crippen MR) is 135 cm³/mol. The van der Waals surface area contributed by atoms with Crippen LogP contribution in [-0.2, 0) is 20.8 Å². The van der Waals surface area contributed by atoms with E-state index in [1.54, 1.807) is 31.2 Å². The lowest BCUT2D eigenvalue weighted by molar-refractivity contribution is -0.136. The number of amides is 3. The highest BCUT2D eigenvalue weighted by molar-refractivity contribution is 6.39. The number of anilines is 4. The molecule has 174 valence electrons. The van der Waals surface area contributed by atoms with E-state index in [1.165, 1.54) is 0 Å². The minimum absolute atomic E-state index is 0.0373. The first-order valence-electron chi connectivity index (χ1n) is 10.9. The van der Waals surface area contributed by atoms with Gasteiger partial charge in [-0.2, -0.15) is 5.10 Å². The van der Waals surface area contributed by atoms with Crippen LogP contribution in [0.25, 0.3) is 0 Å². The lowest BCUT2D eigenvalue weighted by Gasteiger charge is -2.09. The first kappa shape index (κ1) is 24.2. The van der Waals surface area contributed by atoms with E-state index in [0.717, 1.165) is 23.4 Å². The molecule has 0 aliphatic carbocycles. The largest absolute Gasteiger partial charge is 0.356 e. The summed E-state index contributed by atoms with van der Waals surface area (Å²) < 4.78 is 0. The zero-order valence-corrected chi connectivity index (χ0v) is 19.1. The summed E-state index contributed by atoms with van der Waals surface area (Å²) in [7, 11) is 0. The number of rotatable bonds is 8. The number of carbonyl (C=O) groups is 3. The summed E-state index contributed by atoms with van der Waals surface area (Å²) in [4.78, 5) is 36.3. The summed E-state index contributed by atoms with van der Waals surface area (Å²) in [5.74, 6) is -2.05. The number of nitrogens with one attached hydrogen (secondary N) is 4. The van der Waals surface area contributed by atoms with Gasteiger partial charge in [0.15, 0.2) is 0 Å². The highest BCUT2D eigenvalue weighted by Gasteiger charge is 2.13. The third-order valence-electron chi connectivity index (χ3n) is 4.82. The highest BCUT2D eigenvalue weighted by atomic mass is 16.2. The molecule has 0 bridgehead atoms. The normalized spacial score (nSPS) is 10.8. The van der Waals surface area contributed by atoms with Crippen LogP contribution >= 0.6 is 0 Å². The number of nitrogens with zero attached hydrogens (tertiary/aromatic N) is 1. The fourth-order valence-corrected chi connectivity index (χ4v) is 3.01. The Kier molecular flexibility index (Phi) is 8.51. The van der Waals surface area contributed by atoms with Crippen LogP contribution in [0.2, 0.25) is 0 Å². The lowest BCUT2D eigenvalue weighted by atomic mass is 10.1. The molecule has 0 radical (unpaired) electrons. The maximum Gasteiger partial charge on any atom is 0.329 e. The number of para-hydroxylation sites is 1. The number of aryl methyl sites for hydroxylation is 1. The summed E-state index contributed by atoms with van der Waals surface area (Å²) in [6, 6.07) is 24.3. The van der Waals surface area contributed by atoms with E-state index < -0.39 is 11.8 Å². The molecule has 0 heterocycles. The van der Waals surface area contributed by atoms with Crippen molar-refractivity contribution in [3.8, 4) is 0 Å². The van der Waals surface area contributed by atoms with Crippen molar-refractivity contribution in [1.82, 2.24) is 5.43 Å². The van der Waals surface area contributed by atoms with Crippen molar-refractivity contribution in [2.45, 2.75) is 26.7 Å². The molecule has 3 aromatic carbocycles. The Morgan fingerprint density at radius 3 is 1.91 bits per heavy atom. The Balaban J connectivity index is 1.44. The fourth-order valence-electron chi connectivity index (χ4n) is 3.01. The van der Waals surface area contributed by atoms with E-state index >= 15 is 0 Å². The van der Waals surface area contributed by atoms with Crippen molar-refractivity contribution in [2.24, 2.45) is 5.10 Å². The molecule has 0 aliphatic rings. The van der Waals surface area contributed by atoms with Gasteiger partial charge >= 0.3 is 11.8 Å². The second-order valence-corrected chi connectivity index (χ2v) is 7.59.